The quantitative estimate of drug-likeness (QED) is 0.825. The van der Waals surface area contributed by atoms with E-state index in [9.17, 15) is 8.78 Å². The fourth-order valence-corrected chi connectivity index (χ4v) is 2.15. The lowest BCUT2D eigenvalue weighted by atomic mass is 10.2. The second kappa shape index (κ2) is 6.37. The van der Waals surface area contributed by atoms with Gasteiger partial charge in [-0.25, -0.2) is 13.8 Å². The molecule has 0 aromatic carbocycles. The van der Waals surface area contributed by atoms with Crippen molar-refractivity contribution in [2.75, 3.05) is 23.3 Å². The molecule has 1 N–H and O–H groups in total. The molecular weight excluding hydrogens is 260 g/mol. The van der Waals surface area contributed by atoms with Crippen LogP contribution in [0.25, 0.3) is 0 Å². The molecule has 1 aliphatic carbocycles. The van der Waals surface area contributed by atoms with E-state index in [2.05, 4.69) is 10.3 Å². The number of aromatic nitrogens is 1. The molecular formula is C15H23F2N3. The third-order valence-corrected chi connectivity index (χ3v) is 3.50. The number of nitrogens with one attached hydrogen (secondary N) is 1. The third-order valence-electron chi connectivity index (χ3n) is 3.50. The van der Waals surface area contributed by atoms with E-state index < -0.39 is 11.6 Å². The minimum Gasteiger partial charge on any atom is -0.368 e. The maximum Gasteiger partial charge on any atom is 0.168 e. The lowest BCUT2D eigenvalue weighted by Gasteiger charge is -2.28. The minimum atomic E-state index is -0.630. The molecule has 0 atom stereocenters. The van der Waals surface area contributed by atoms with Crippen molar-refractivity contribution < 1.29 is 8.78 Å². The van der Waals surface area contributed by atoms with Crippen LogP contribution in [0.1, 0.15) is 40.0 Å². The van der Waals surface area contributed by atoms with E-state index in [0.29, 0.717) is 12.5 Å². The molecule has 0 aliphatic heterocycles. The fraction of sp³-hybridized carbons (Fsp3) is 0.667. The largest absolute Gasteiger partial charge is 0.368 e. The number of halogens is 2. The van der Waals surface area contributed by atoms with Crippen molar-refractivity contribution >= 4 is 11.6 Å². The van der Waals surface area contributed by atoms with Crippen molar-refractivity contribution in [3.63, 3.8) is 0 Å². The van der Waals surface area contributed by atoms with E-state index >= 15 is 0 Å². The predicted molar refractivity (Wildman–Crippen MR) is 78.1 cm³/mol. The molecule has 2 rings (SSSR count). The summed E-state index contributed by atoms with van der Waals surface area (Å²) in [6.07, 6.45) is 3.24. The summed E-state index contributed by atoms with van der Waals surface area (Å²) in [5, 5.41) is 2.91. The Balaban J connectivity index is 2.26. The molecule has 5 heteroatoms. The molecule has 112 valence electrons. The van der Waals surface area contributed by atoms with E-state index in [-0.39, 0.29) is 17.7 Å². The SMILES string of the molecule is CCCNc1nc(N(CC2CC2)C(C)C)c(F)cc1F. The Hall–Kier alpha value is -1.39. The molecule has 0 radical (unpaired) electrons. The van der Waals surface area contributed by atoms with E-state index in [4.69, 9.17) is 0 Å². The summed E-state index contributed by atoms with van der Waals surface area (Å²) in [5.74, 6) is -0.193. The Labute approximate surface area is 119 Å². The van der Waals surface area contributed by atoms with Gasteiger partial charge in [0, 0.05) is 25.2 Å². The van der Waals surface area contributed by atoms with Gasteiger partial charge in [-0.05, 0) is 39.0 Å². The summed E-state index contributed by atoms with van der Waals surface area (Å²) in [7, 11) is 0. The van der Waals surface area contributed by atoms with Gasteiger partial charge in [0.25, 0.3) is 0 Å². The Morgan fingerprint density at radius 2 is 2.05 bits per heavy atom. The van der Waals surface area contributed by atoms with Crippen molar-refractivity contribution in [2.24, 2.45) is 5.92 Å². The summed E-state index contributed by atoms with van der Waals surface area (Å²) < 4.78 is 27.8. The zero-order valence-electron chi connectivity index (χ0n) is 12.4. The summed E-state index contributed by atoms with van der Waals surface area (Å²) >= 11 is 0. The van der Waals surface area contributed by atoms with Crippen molar-refractivity contribution in [1.82, 2.24) is 4.98 Å². The second-order valence-electron chi connectivity index (χ2n) is 5.74. The topological polar surface area (TPSA) is 28.2 Å². The zero-order valence-corrected chi connectivity index (χ0v) is 12.4. The minimum absolute atomic E-state index is 0.141. The first-order valence-electron chi connectivity index (χ1n) is 7.39. The number of anilines is 2. The molecule has 0 spiro atoms. The molecule has 3 nitrogen and oxygen atoms in total. The number of hydrogen-bond acceptors (Lipinski definition) is 3. The van der Waals surface area contributed by atoms with Crippen molar-refractivity contribution in [1.29, 1.82) is 0 Å². The van der Waals surface area contributed by atoms with Gasteiger partial charge >= 0.3 is 0 Å². The fourth-order valence-electron chi connectivity index (χ4n) is 2.15. The second-order valence-corrected chi connectivity index (χ2v) is 5.74. The van der Waals surface area contributed by atoms with Crippen molar-refractivity contribution in [3.05, 3.63) is 17.7 Å². The molecule has 0 amide bonds. The van der Waals surface area contributed by atoms with Crippen LogP contribution in [0.5, 0.6) is 0 Å². The summed E-state index contributed by atoms with van der Waals surface area (Å²) in [5.41, 5.74) is 0. The number of nitrogens with zero attached hydrogens (tertiary/aromatic N) is 2. The number of hydrogen-bond donors (Lipinski definition) is 1. The number of rotatable bonds is 7. The van der Waals surface area contributed by atoms with Crippen LogP contribution in [0, 0.1) is 17.6 Å². The van der Waals surface area contributed by atoms with Crippen LogP contribution in [0.15, 0.2) is 6.07 Å². The van der Waals surface area contributed by atoms with Crippen LogP contribution >= 0.6 is 0 Å². The van der Waals surface area contributed by atoms with Gasteiger partial charge in [-0.1, -0.05) is 6.92 Å². The van der Waals surface area contributed by atoms with Gasteiger partial charge in [0.05, 0.1) is 0 Å². The molecule has 0 unspecified atom stereocenters. The monoisotopic (exact) mass is 283 g/mol. The molecule has 1 aromatic rings. The Bertz CT molecular complexity index is 459. The van der Waals surface area contributed by atoms with Crippen LogP contribution in [0.3, 0.4) is 0 Å². The van der Waals surface area contributed by atoms with Crippen molar-refractivity contribution in [2.45, 2.75) is 46.1 Å². The Kier molecular flexibility index (Phi) is 4.78. The van der Waals surface area contributed by atoms with Crippen LogP contribution in [-0.2, 0) is 0 Å². The molecule has 0 bridgehead atoms. The van der Waals surface area contributed by atoms with E-state index in [1.165, 1.54) is 12.8 Å². The van der Waals surface area contributed by atoms with Gasteiger partial charge in [-0.2, -0.15) is 0 Å². The Morgan fingerprint density at radius 3 is 2.60 bits per heavy atom. The lowest BCUT2D eigenvalue weighted by Crippen LogP contribution is -2.34. The van der Waals surface area contributed by atoms with Crippen LogP contribution in [0.2, 0.25) is 0 Å². The molecule has 0 saturated heterocycles. The maximum atomic E-state index is 14.1. The first-order valence-corrected chi connectivity index (χ1v) is 7.39. The van der Waals surface area contributed by atoms with Gasteiger partial charge in [0.1, 0.15) is 0 Å². The molecule has 1 aromatic heterocycles. The standard InChI is InChI=1S/C15H23F2N3/c1-4-7-18-14-12(16)8-13(17)15(19-14)20(10(2)3)9-11-5-6-11/h8,10-11H,4-7,9H2,1-3H3,(H,18,19). The van der Waals surface area contributed by atoms with Crippen LogP contribution in [0.4, 0.5) is 20.4 Å². The summed E-state index contributed by atoms with van der Waals surface area (Å²) in [6.45, 7) is 7.42. The first kappa shape index (κ1) is 15.0. The predicted octanol–water partition coefficient (Wildman–Crippen LogP) is 3.81. The van der Waals surface area contributed by atoms with Gasteiger partial charge in [-0.3, -0.25) is 0 Å². The average molecular weight is 283 g/mol. The lowest BCUT2D eigenvalue weighted by molar-refractivity contribution is 0.553. The Morgan fingerprint density at radius 1 is 1.35 bits per heavy atom. The van der Waals surface area contributed by atoms with Crippen LogP contribution < -0.4 is 10.2 Å². The van der Waals surface area contributed by atoms with Crippen LogP contribution in [-0.4, -0.2) is 24.1 Å². The highest BCUT2D eigenvalue weighted by atomic mass is 19.1. The first-order chi connectivity index (χ1) is 9.52. The number of pyridine rings is 1. The van der Waals surface area contributed by atoms with E-state index in [1.54, 1.807) is 0 Å². The maximum absolute atomic E-state index is 14.1. The van der Waals surface area contributed by atoms with E-state index in [1.807, 2.05) is 25.7 Å². The zero-order chi connectivity index (χ0) is 14.7. The third kappa shape index (κ3) is 3.58. The van der Waals surface area contributed by atoms with Gasteiger partial charge < -0.3 is 10.2 Å². The highest BCUT2D eigenvalue weighted by molar-refractivity contribution is 5.50. The molecule has 1 fully saturated rings. The molecule has 1 saturated carbocycles. The summed E-state index contributed by atoms with van der Waals surface area (Å²) in [4.78, 5) is 6.11. The van der Waals surface area contributed by atoms with Gasteiger partial charge in [0.2, 0.25) is 0 Å². The van der Waals surface area contributed by atoms with E-state index in [0.717, 1.165) is 19.0 Å². The smallest absolute Gasteiger partial charge is 0.168 e. The van der Waals surface area contributed by atoms with Gasteiger partial charge in [0.15, 0.2) is 23.3 Å². The molecule has 1 aliphatic rings. The highest BCUT2D eigenvalue weighted by Crippen LogP contribution is 2.33. The highest BCUT2D eigenvalue weighted by Gasteiger charge is 2.28. The summed E-state index contributed by atoms with van der Waals surface area (Å²) in [6, 6.07) is 1.07. The van der Waals surface area contributed by atoms with Gasteiger partial charge in [-0.15, -0.1) is 0 Å². The molecule has 20 heavy (non-hydrogen) atoms. The van der Waals surface area contributed by atoms with Crippen molar-refractivity contribution in [3.8, 4) is 0 Å². The normalized spacial score (nSPS) is 14.7. The molecule has 1 heterocycles. The average Bonchev–Trinajstić information content (AvgIpc) is 3.19.